The fraction of sp³-hybridized carbons (Fsp3) is 0.0750. The highest BCUT2D eigenvalue weighted by atomic mass is 16.3. The number of hydrogen-bond acceptors (Lipinski definition) is 2. The Kier molecular flexibility index (Phi) is 5.97. The number of para-hydroxylation sites is 4. The van der Waals surface area contributed by atoms with Crippen molar-refractivity contribution in [2.75, 3.05) is 0 Å². The highest BCUT2D eigenvalue weighted by Gasteiger charge is 2.24. The zero-order chi connectivity index (χ0) is 28.9. The monoisotopic (exact) mass is 554 g/mol. The fourth-order valence-electron chi connectivity index (χ4n) is 6.26. The van der Waals surface area contributed by atoms with Gasteiger partial charge in [0.2, 0.25) is 0 Å². The van der Waals surface area contributed by atoms with Gasteiger partial charge in [-0.1, -0.05) is 117 Å². The maximum atomic E-state index is 6.55. The van der Waals surface area contributed by atoms with Gasteiger partial charge >= 0.3 is 0 Å². The molecule has 3 heteroatoms. The third-order valence-electron chi connectivity index (χ3n) is 8.40. The van der Waals surface area contributed by atoms with Crippen LogP contribution in [0.5, 0.6) is 0 Å². The molecule has 0 aliphatic rings. The van der Waals surface area contributed by atoms with Gasteiger partial charge in [-0.3, -0.25) is 4.57 Å². The molecule has 206 valence electrons. The minimum atomic E-state index is 0.363. The van der Waals surface area contributed by atoms with Gasteiger partial charge in [-0.2, -0.15) is 0 Å². The van der Waals surface area contributed by atoms with Crippen molar-refractivity contribution in [1.29, 1.82) is 0 Å². The number of fused-ring (bicyclic) bond motifs is 4. The van der Waals surface area contributed by atoms with E-state index >= 15 is 0 Å². The molecule has 3 nitrogen and oxygen atoms in total. The topological polar surface area (TPSA) is 31.0 Å². The summed E-state index contributed by atoms with van der Waals surface area (Å²) >= 11 is 0. The number of benzene rings is 6. The number of imidazole rings is 1. The highest BCUT2D eigenvalue weighted by Crippen LogP contribution is 2.44. The molecule has 0 aliphatic carbocycles. The van der Waals surface area contributed by atoms with Crippen LogP contribution in [0.25, 0.3) is 72.3 Å². The van der Waals surface area contributed by atoms with Crippen LogP contribution in [0, 0.1) is 0 Å². The van der Waals surface area contributed by atoms with E-state index in [1.54, 1.807) is 0 Å². The summed E-state index contributed by atoms with van der Waals surface area (Å²) in [4.78, 5) is 5.31. The third-order valence-corrected chi connectivity index (χ3v) is 8.40. The van der Waals surface area contributed by atoms with Crippen LogP contribution in [0.3, 0.4) is 0 Å². The Balaban J connectivity index is 1.54. The molecule has 0 aliphatic heterocycles. The fourth-order valence-corrected chi connectivity index (χ4v) is 6.26. The van der Waals surface area contributed by atoms with Gasteiger partial charge in [0.1, 0.15) is 17.0 Å². The number of nitrogens with zero attached hydrogens (tertiary/aromatic N) is 2. The predicted octanol–water partition coefficient (Wildman–Crippen LogP) is 11.0. The van der Waals surface area contributed by atoms with E-state index in [1.165, 1.54) is 27.8 Å². The molecule has 6 aromatic carbocycles. The van der Waals surface area contributed by atoms with Gasteiger partial charge < -0.3 is 4.42 Å². The van der Waals surface area contributed by atoms with Crippen molar-refractivity contribution >= 4 is 33.0 Å². The Hall–Kier alpha value is -5.41. The smallest absolute Gasteiger partial charge is 0.149 e. The molecule has 0 atom stereocenters. The van der Waals surface area contributed by atoms with Crippen molar-refractivity contribution in [3.63, 3.8) is 0 Å². The zero-order valence-electron chi connectivity index (χ0n) is 24.2. The van der Waals surface area contributed by atoms with Gasteiger partial charge in [0.05, 0.1) is 22.3 Å². The molecule has 2 heterocycles. The number of hydrogen-bond donors (Lipinski definition) is 0. The highest BCUT2D eigenvalue weighted by molar-refractivity contribution is 6.09. The maximum Gasteiger partial charge on any atom is 0.149 e. The lowest BCUT2D eigenvalue weighted by Crippen LogP contribution is -2.05. The Bertz CT molecular complexity index is 2200. The summed E-state index contributed by atoms with van der Waals surface area (Å²) in [6.45, 7) is 4.53. The normalized spacial score (nSPS) is 11.7. The summed E-state index contributed by atoms with van der Waals surface area (Å²) in [5.74, 6) is 1.22. The Morgan fingerprint density at radius 2 is 1.19 bits per heavy atom. The van der Waals surface area contributed by atoms with Crippen LogP contribution in [0.1, 0.15) is 25.3 Å². The molecule has 0 spiro atoms. The van der Waals surface area contributed by atoms with Crippen molar-refractivity contribution in [1.82, 2.24) is 9.55 Å². The van der Waals surface area contributed by atoms with Crippen LogP contribution in [-0.2, 0) is 0 Å². The molecule has 0 saturated carbocycles. The lowest BCUT2D eigenvalue weighted by atomic mass is 9.89. The van der Waals surface area contributed by atoms with E-state index in [1.807, 2.05) is 12.1 Å². The van der Waals surface area contributed by atoms with Crippen molar-refractivity contribution in [3.05, 3.63) is 145 Å². The van der Waals surface area contributed by atoms with Gasteiger partial charge in [0, 0.05) is 21.9 Å². The Morgan fingerprint density at radius 1 is 0.581 bits per heavy atom. The van der Waals surface area contributed by atoms with Crippen molar-refractivity contribution in [3.8, 4) is 39.3 Å². The van der Waals surface area contributed by atoms with Gasteiger partial charge in [-0.15, -0.1) is 0 Å². The van der Waals surface area contributed by atoms with Gasteiger partial charge in [0.15, 0.2) is 0 Å². The second-order valence-electron chi connectivity index (χ2n) is 11.4. The summed E-state index contributed by atoms with van der Waals surface area (Å²) in [5.41, 5.74) is 11.8. The molecule has 0 bridgehead atoms. The maximum absolute atomic E-state index is 6.55. The first-order valence-electron chi connectivity index (χ1n) is 14.8. The SMILES string of the molecule is CC(C)c1cc(-c2ccccc2)c(-n2c(-c3cccc4c3oc3ccccc34)nc3ccccc32)c(-c2ccccc2)c1. The Morgan fingerprint density at radius 3 is 1.88 bits per heavy atom. The molecule has 0 N–H and O–H groups in total. The largest absolute Gasteiger partial charge is 0.455 e. The molecule has 2 aromatic heterocycles. The van der Waals surface area contributed by atoms with E-state index in [-0.39, 0.29) is 0 Å². The first kappa shape index (κ1) is 25.3. The number of furan rings is 1. The standard InChI is InChI=1S/C40H30N2O/c1-26(2)29-24-33(27-14-5-3-6-15-27)38(34(25-29)28-16-7-4-8-17-28)42-36-22-11-10-21-35(36)41-40(42)32-20-13-19-31-30-18-9-12-23-37(30)43-39(31)32/h3-26H,1-2H3. The van der Waals surface area contributed by atoms with Crippen LogP contribution in [-0.4, -0.2) is 9.55 Å². The van der Waals surface area contributed by atoms with Crippen molar-refractivity contribution < 1.29 is 4.42 Å². The second kappa shape index (κ2) is 10.1. The van der Waals surface area contributed by atoms with E-state index in [0.29, 0.717) is 5.92 Å². The quantitative estimate of drug-likeness (QED) is 0.212. The lowest BCUT2D eigenvalue weighted by molar-refractivity contribution is 0.669. The third kappa shape index (κ3) is 4.16. The number of rotatable bonds is 5. The van der Waals surface area contributed by atoms with Crippen LogP contribution >= 0.6 is 0 Å². The molecule has 0 unspecified atom stereocenters. The van der Waals surface area contributed by atoms with E-state index in [0.717, 1.165) is 50.0 Å². The summed E-state index contributed by atoms with van der Waals surface area (Å²) in [5, 5.41) is 2.20. The first-order chi connectivity index (χ1) is 21.2. The second-order valence-corrected chi connectivity index (χ2v) is 11.4. The van der Waals surface area contributed by atoms with E-state index in [2.05, 4.69) is 146 Å². The predicted molar refractivity (Wildman–Crippen MR) is 179 cm³/mol. The van der Waals surface area contributed by atoms with Gasteiger partial charge in [-0.25, -0.2) is 4.98 Å². The molecule has 0 saturated heterocycles. The summed E-state index contributed by atoms with van der Waals surface area (Å²) in [6, 6.07) is 49.2. The van der Waals surface area contributed by atoms with Gasteiger partial charge in [-0.05, 0) is 59.0 Å². The van der Waals surface area contributed by atoms with Crippen molar-refractivity contribution in [2.45, 2.75) is 19.8 Å². The number of aromatic nitrogens is 2. The zero-order valence-corrected chi connectivity index (χ0v) is 24.2. The molecule has 8 aromatic rings. The van der Waals surface area contributed by atoms with E-state index < -0.39 is 0 Å². The minimum Gasteiger partial charge on any atom is -0.455 e. The summed E-state index contributed by atoms with van der Waals surface area (Å²) in [6.07, 6.45) is 0. The molecule has 0 fully saturated rings. The average molecular weight is 555 g/mol. The van der Waals surface area contributed by atoms with Crippen LogP contribution in [0.15, 0.2) is 144 Å². The molecular formula is C40H30N2O. The van der Waals surface area contributed by atoms with Crippen LogP contribution in [0.4, 0.5) is 0 Å². The lowest BCUT2D eigenvalue weighted by Gasteiger charge is -2.22. The molecule has 8 rings (SSSR count). The summed E-state index contributed by atoms with van der Waals surface area (Å²) < 4.78 is 8.91. The van der Waals surface area contributed by atoms with Crippen LogP contribution < -0.4 is 0 Å². The van der Waals surface area contributed by atoms with Crippen LogP contribution in [0.2, 0.25) is 0 Å². The average Bonchev–Trinajstić information content (AvgIpc) is 3.63. The molecule has 0 amide bonds. The summed E-state index contributed by atoms with van der Waals surface area (Å²) in [7, 11) is 0. The van der Waals surface area contributed by atoms with Gasteiger partial charge in [0.25, 0.3) is 0 Å². The first-order valence-corrected chi connectivity index (χ1v) is 14.8. The molecule has 43 heavy (non-hydrogen) atoms. The molecule has 0 radical (unpaired) electrons. The van der Waals surface area contributed by atoms with Crippen molar-refractivity contribution in [2.24, 2.45) is 0 Å². The van der Waals surface area contributed by atoms with E-state index in [4.69, 9.17) is 9.40 Å². The molecular weight excluding hydrogens is 524 g/mol. The van der Waals surface area contributed by atoms with E-state index in [9.17, 15) is 0 Å². The Labute approximate surface area is 250 Å². The minimum absolute atomic E-state index is 0.363.